The van der Waals surface area contributed by atoms with Crippen molar-refractivity contribution in [2.45, 2.75) is 26.4 Å². The fraction of sp³-hybridized carbons (Fsp3) is 0.167. The summed E-state index contributed by atoms with van der Waals surface area (Å²) in [5, 5.41) is 2.53. The Labute approximate surface area is 181 Å². The fourth-order valence-electron chi connectivity index (χ4n) is 3.52. The predicted molar refractivity (Wildman–Crippen MR) is 114 cm³/mol. The van der Waals surface area contributed by atoms with Gasteiger partial charge in [-0.15, -0.1) is 0 Å². The minimum Gasteiger partial charge on any atom is -0.326 e. The Morgan fingerprint density at radius 2 is 1.84 bits per heavy atom. The summed E-state index contributed by atoms with van der Waals surface area (Å²) < 4.78 is 54.5. The summed E-state index contributed by atoms with van der Waals surface area (Å²) in [5.41, 5.74) is 2.90. The second kappa shape index (κ2) is 8.11. The number of hydrogen-bond acceptors (Lipinski definition) is 2. The molecule has 1 N–H and O–H groups in total. The van der Waals surface area contributed by atoms with E-state index in [4.69, 9.17) is 0 Å². The third-order valence-corrected chi connectivity index (χ3v) is 5.10. The van der Waals surface area contributed by atoms with Crippen molar-refractivity contribution in [1.82, 2.24) is 9.38 Å². The summed E-state index contributed by atoms with van der Waals surface area (Å²) in [7, 11) is 0. The number of hydrogen-bond donors (Lipinski definition) is 1. The van der Waals surface area contributed by atoms with Crippen molar-refractivity contribution >= 4 is 17.2 Å². The Hall–Kier alpha value is -3.68. The number of rotatable bonds is 4. The number of alkyl halides is 3. The number of imidazole rings is 1. The zero-order valence-corrected chi connectivity index (χ0v) is 17.3. The SMILES string of the molecule is Cc1ccc2nc(-c3ccc(F)c(C)c3)c(CC(=O)Nc3cccc(C(F)(F)F)c3)n2c1. The molecule has 4 rings (SSSR count). The van der Waals surface area contributed by atoms with Crippen molar-refractivity contribution in [3.8, 4) is 11.3 Å². The number of carbonyl (C=O) groups is 1. The number of aryl methyl sites for hydroxylation is 2. The van der Waals surface area contributed by atoms with E-state index in [0.29, 0.717) is 28.2 Å². The zero-order valence-electron chi connectivity index (χ0n) is 17.3. The molecule has 0 bridgehead atoms. The minimum absolute atomic E-state index is 0.0500. The van der Waals surface area contributed by atoms with Crippen LogP contribution in [-0.4, -0.2) is 15.3 Å². The highest BCUT2D eigenvalue weighted by molar-refractivity contribution is 5.93. The molecule has 0 unspecified atom stereocenters. The van der Waals surface area contributed by atoms with E-state index in [-0.39, 0.29) is 17.9 Å². The lowest BCUT2D eigenvalue weighted by molar-refractivity contribution is -0.137. The monoisotopic (exact) mass is 441 g/mol. The second-order valence-corrected chi connectivity index (χ2v) is 7.61. The van der Waals surface area contributed by atoms with E-state index < -0.39 is 17.6 Å². The summed E-state index contributed by atoms with van der Waals surface area (Å²) in [5.74, 6) is -0.843. The van der Waals surface area contributed by atoms with E-state index in [1.807, 2.05) is 25.3 Å². The first-order valence-electron chi connectivity index (χ1n) is 9.83. The smallest absolute Gasteiger partial charge is 0.326 e. The second-order valence-electron chi connectivity index (χ2n) is 7.61. The maximum absolute atomic E-state index is 13.8. The predicted octanol–water partition coefficient (Wildman–Crippen LogP) is 5.96. The number of fused-ring (bicyclic) bond motifs is 1. The minimum atomic E-state index is -4.51. The molecular weight excluding hydrogens is 422 g/mol. The van der Waals surface area contributed by atoms with Gasteiger partial charge < -0.3 is 9.72 Å². The number of nitrogens with zero attached hydrogens (tertiary/aromatic N) is 2. The van der Waals surface area contributed by atoms with Gasteiger partial charge in [-0.05, 0) is 67.4 Å². The summed E-state index contributed by atoms with van der Waals surface area (Å²) in [6, 6.07) is 12.7. The molecule has 0 radical (unpaired) electrons. The van der Waals surface area contributed by atoms with E-state index in [1.165, 1.54) is 18.2 Å². The Balaban J connectivity index is 1.71. The summed E-state index contributed by atoms with van der Waals surface area (Å²) in [4.78, 5) is 17.4. The van der Waals surface area contributed by atoms with Crippen LogP contribution in [0.2, 0.25) is 0 Å². The van der Waals surface area contributed by atoms with Crippen molar-refractivity contribution in [3.05, 3.63) is 89.0 Å². The molecular formula is C24H19F4N3O. The maximum Gasteiger partial charge on any atom is 0.416 e. The van der Waals surface area contributed by atoms with E-state index in [9.17, 15) is 22.4 Å². The van der Waals surface area contributed by atoms with E-state index >= 15 is 0 Å². The van der Waals surface area contributed by atoms with Crippen LogP contribution in [0.1, 0.15) is 22.4 Å². The number of benzene rings is 2. The van der Waals surface area contributed by atoms with Crippen LogP contribution in [0.25, 0.3) is 16.9 Å². The molecule has 2 aromatic heterocycles. The van der Waals surface area contributed by atoms with Crippen LogP contribution in [0.3, 0.4) is 0 Å². The Morgan fingerprint density at radius 1 is 1.06 bits per heavy atom. The molecule has 0 saturated carbocycles. The van der Waals surface area contributed by atoms with Gasteiger partial charge in [-0.25, -0.2) is 9.37 Å². The molecule has 2 aromatic carbocycles. The molecule has 0 aliphatic carbocycles. The van der Waals surface area contributed by atoms with Gasteiger partial charge in [0.05, 0.1) is 23.4 Å². The summed E-state index contributed by atoms with van der Waals surface area (Å²) >= 11 is 0. The molecule has 0 saturated heterocycles. The molecule has 32 heavy (non-hydrogen) atoms. The van der Waals surface area contributed by atoms with Crippen molar-refractivity contribution < 1.29 is 22.4 Å². The van der Waals surface area contributed by atoms with Crippen molar-refractivity contribution in [1.29, 1.82) is 0 Å². The first-order valence-corrected chi connectivity index (χ1v) is 9.83. The van der Waals surface area contributed by atoms with Crippen LogP contribution in [0, 0.1) is 19.7 Å². The number of carbonyl (C=O) groups excluding carboxylic acids is 1. The maximum atomic E-state index is 13.8. The highest BCUT2D eigenvalue weighted by atomic mass is 19.4. The first kappa shape index (κ1) is 21.5. The molecule has 0 fully saturated rings. The van der Waals surface area contributed by atoms with Crippen molar-refractivity contribution in [2.75, 3.05) is 5.32 Å². The van der Waals surface area contributed by atoms with E-state index in [0.717, 1.165) is 17.7 Å². The Kier molecular flexibility index (Phi) is 5.46. The number of pyridine rings is 1. The molecule has 1 amide bonds. The molecule has 0 aliphatic heterocycles. The summed E-state index contributed by atoms with van der Waals surface area (Å²) in [6.45, 7) is 3.53. The standard InChI is InChI=1S/C24H19F4N3O/c1-14-6-9-21-30-23(16-7-8-19(25)15(2)10-16)20(31(21)13-14)12-22(32)29-18-5-3-4-17(11-18)24(26,27)28/h3-11,13H,12H2,1-2H3,(H,29,32). The highest BCUT2D eigenvalue weighted by Gasteiger charge is 2.30. The third kappa shape index (κ3) is 4.34. The van der Waals surface area contributed by atoms with Gasteiger partial charge in [-0.1, -0.05) is 12.1 Å². The number of aromatic nitrogens is 2. The van der Waals surface area contributed by atoms with Crippen molar-refractivity contribution in [2.24, 2.45) is 0 Å². The molecule has 4 nitrogen and oxygen atoms in total. The average Bonchev–Trinajstić information content (AvgIpc) is 3.07. The van der Waals surface area contributed by atoms with Gasteiger partial charge in [-0.2, -0.15) is 13.2 Å². The first-order chi connectivity index (χ1) is 15.1. The van der Waals surface area contributed by atoms with Crippen molar-refractivity contribution in [3.63, 3.8) is 0 Å². The van der Waals surface area contributed by atoms with Crippen LogP contribution < -0.4 is 5.32 Å². The zero-order chi connectivity index (χ0) is 23.0. The van der Waals surface area contributed by atoms with Gasteiger partial charge in [-0.3, -0.25) is 4.79 Å². The molecule has 164 valence electrons. The third-order valence-electron chi connectivity index (χ3n) is 5.10. The van der Waals surface area contributed by atoms with Crippen LogP contribution in [0.5, 0.6) is 0 Å². The van der Waals surface area contributed by atoms with Crippen LogP contribution in [0.4, 0.5) is 23.2 Å². The van der Waals surface area contributed by atoms with E-state index in [1.54, 1.807) is 23.5 Å². The van der Waals surface area contributed by atoms with Crippen LogP contribution >= 0.6 is 0 Å². The number of amides is 1. The quantitative estimate of drug-likeness (QED) is 0.398. The Bertz CT molecular complexity index is 1320. The van der Waals surface area contributed by atoms with Gasteiger partial charge in [0.2, 0.25) is 5.91 Å². The van der Waals surface area contributed by atoms with Gasteiger partial charge in [0, 0.05) is 17.4 Å². The lowest BCUT2D eigenvalue weighted by Gasteiger charge is -2.11. The molecule has 0 spiro atoms. The number of anilines is 1. The van der Waals surface area contributed by atoms with Crippen LogP contribution in [0.15, 0.2) is 60.8 Å². The summed E-state index contributed by atoms with van der Waals surface area (Å²) in [6.07, 6.45) is -2.81. The van der Waals surface area contributed by atoms with Gasteiger partial charge in [0.15, 0.2) is 0 Å². The normalized spacial score (nSPS) is 11.7. The van der Waals surface area contributed by atoms with Gasteiger partial charge in [0.25, 0.3) is 0 Å². The molecule has 0 atom stereocenters. The van der Waals surface area contributed by atoms with Crippen LogP contribution in [-0.2, 0) is 17.4 Å². The lowest BCUT2D eigenvalue weighted by atomic mass is 10.1. The average molecular weight is 441 g/mol. The molecule has 2 heterocycles. The topological polar surface area (TPSA) is 46.4 Å². The van der Waals surface area contributed by atoms with E-state index in [2.05, 4.69) is 10.3 Å². The lowest BCUT2D eigenvalue weighted by Crippen LogP contribution is -2.17. The molecule has 0 aliphatic rings. The number of halogens is 4. The van der Waals surface area contributed by atoms with Gasteiger partial charge in [0.1, 0.15) is 11.5 Å². The highest BCUT2D eigenvalue weighted by Crippen LogP contribution is 2.31. The Morgan fingerprint density at radius 3 is 2.56 bits per heavy atom. The number of nitrogens with one attached hydrogen (secondary N) is 1. The van der Waals surface area contributed by atoms with Gasteiger partial charge >= 0.3 is 6.18 Å². The molecule has 8 heteroatoms. The fourth-order valence-corrected chi connectivity index (χ4v) is 3.52. The largest absolute Gasteiger partial charge is 0.416 e. The molecule has 4 aromatic rings.